The summed E-state index contributed by atoms with van der Waals surface area (Å²) in [6.07, 6.45) is 6.00. The molecule has 0 saturated heterocycles. The van der Waals surface area contributed by atoms with Gasteiger partial charge in [-0.1, -0.05) is 40.0 Å². The van der Waals surface area contributed by atoms with E-state index in [0.29, 0.717) is 19.8 Å². The zero-order chi connectivity index (χ0) is 18.2. The van der Waals surface area contributed by atoms with Gasteiger partial charge in [-0.3, -0.25) is 0 Å². The van der Waals surface area contributed by atoms with Gasteiger partial charge in [0.15, 0.2) is 0 Å². The maximum atomic E-state index is 6.16. The number of unbranched alkanes of at least 4 members (excludes halogenated alkanes) is 3. The molecule has 0 bridgehead atoms. The van der Waals surface area contributed by atoms with E-state index in [0.717, 1.165) is 45.1 Å². The predicted molar refractivity (Wildman–Crippen MR) is 104 cm³/mol. The van der Waals surface area contributed by atoms with Crippen molar-refractivity contribution in [2.45, 2.75) is 96.9 Å². The summed E-state index contributed by atoms with van der Waals surface area (Å²) in [5.74, 6) is 0. The maximum absolute atomic E-state index is 6.16. The lowest BCUT2D eigenvalue weighted by atomic mass is 10.1. The molecule has 4 atom stereocenters. The lowest BCUT2D eigenvalue weighted by molar-refractivity contribution is -0.158. The van der Waals surface area contributed by atoms with Gasteiger partial charge in [-0.05, 0) is 33.1 Å². The molecule has 0 aliphatic rings. The Balaban J connectivity index is 4.90. The Morgan fingerprint density at radius 2 is 1.12 bits per heavy atom. The van der Waals surface area contributed by atoms with Crippen LogP contribution in [0.5, 0.6) is 0 Å². The largest absolute Gasteiger partial charge is 0.376 e. The maximum Gasteiger partial charge on any atom is 0.129 e. The Hall–Kier alpha value is 0.190. The molecule has 0 aromatic rings. The van der Waals surface area contributed by atoms with Gasteiger partial charge >= 0.3 is 0 Å². The molecule has 0 aromatic carbocycles. The van der Waals surface area contributed by atoms with E-state index in [9.17, 15) is 0 Å². The van der Waals surface area contributed by atoms with Crippen LogP contribution in [0, 0.1) is 0 Å². The predicted octanol–water partition coefficient (Wildman–Crippen LogP) is 4.85. The van der Waals surface area contributed by atoms with Crippen molar-refractivity contribution in [3.63, 3.8) is 0 Å². The van der Waals surface area contributed by atoms with Gasteiger partial charge in [0.2, 0.25) is 0 Å². The highest BCUT2D eigenvalue weighted by atomic mass is 32.1. The minimum absolute atomic E-state index is 0.0462. The molecule has 0 aromatic heterocycles. The van der Waals surface area contributed by atoms with Gasteiger partial charge in [-0.15, -0.1) is 12.6 Å². The Morgan fingerprint density at radius 1 is 0.667 bits per heavy atom. The van der Waals surface area contributed by atoms with Crippen LogP contribution in [-0.4, -0.2) is 50.2 Å². The van der Waals surface area contributed by atoms with Gasteiger partial charge in [-0.25, -0.2) is 0 Å². The van der Waals surface area contributed by atoms with Crippen molar-refractivity contribution in [3.05, 3.63) is 0 Å². The molecule has 146 valence electrons. The molecule has 5 heteroatoms. The van der Waals surface area contributed by atoms with Crippen molar-refractivity contribution >= 4 is 12.6 Å². The fraction of sp³-hybridized carbons (Fsp3) is 1.00. The summed E-state index contributed by atoms with van der Waals surface area (Å²) < 4.78 is 24.0. The van der Waals surface area contributed by atoms with Crippen LogP contribution in [0.4, 0.5) is 0 Å². The average molecular weight is 365 g/mol. The summed E-state index contributed by atoms with van der Waals surface area (Å²) in [6, 6.07) is 0. The minimum Gasteiger partial charge on any atom is -0.376 e. The van der Waals surface area contributed by atoms with E-state index >= 15 is 0 Å². The SMILES string of the molecule is CCCCOC(C(OCCCC)[C@@H](C)OCCCC)[C@H](S)OCC. The highest BCUT2D eigenvalue weighted by Crippen LogP contribution is 2.21. The number of thiol groups is 1. The van der Waals surface area contributed by atoms with Crippen molar-refractivity contribution in [2.24, 2.45) is 0 Å². The standard InChI is InChI=1S/C19H40O4S/c1-6-10-13-21-16(5)17(22-14-11-7-2)18(19(24)20-9-4)23-15-12-8-3/h16-19,24H,6-15H2,1-5H3/t16-,17?,18?,19+/m1/s1. The van der Waals surface area contributed by atoms with Crippen LogP contribution in [0.3, 0.4) is 0 Å². The van der Waals surface area contributed by atoms with Crippen molar-refractivity contribution in [3.8, 4) is 0 Å². The van der Waals surface area contributed by atoms with Crippen molar-refractivity contribution in [1.29, 1.82) is 0 Å². The molecule has 0 amide bonds. The van der Waals surface area contributed by atoms with E-state index in [2.05, 4.69) is 40.3 Å². The smallest absolute Gasteiger partial charge is 0.129 e. The molecule has 0 N–H and O–H groups in total. The fourth-order valence-electron chi connectivity index (χ4n) is 2.34. The Kier molecular flexibility index (Phi) is 16.8. The third-order valence-corrected chi connectivity index (χ3v) is 4.34. The van der Waals surface area contributed by atoms with Gasteiger partial charge in [0.25, 0.3) is 0 Å². The summed E-state index contributed by atoms with van der Waals surface area (Å²) in [6.45, 7) is 13.3. The molecular weight excluding hydrogens is 324 g/mol. The number of ether oxygens (including phenoxy) is 4. The topological polar surface area (TPSA) is 36.9 Å². The van der Waals surface area contributed by atoms with Crippen LogP contribution in [0.1, 0.15) is 73.1 Å². The van der Waals surface area contributed by atoms with Gasteiger partial charge in [0, 0.05) is 26.4 Å². The molecule has 0 radical (unpaired) electrons. The van der Waals surface area contributed by atoms with Gasteiger partial charge in [0.05, 0.1) is 6.10 Å². The molecule has 24 heavy (non-hydrogen) atoms. The normalized spacial score (nSPS) is 16.8. The van der Waals surface area contributed by atoms with E-state index in [1.807, 2.05) is 6.92 Å². The summed E-state index contributed by atoms with van der Waals surface area (Å²) in [5.41, 5.74) is -0.310. The molecule has 2 unspecified atom stereocenters. The van der Waals surface area contributed by atoms with E-state index in [1.165, 1.54) is 0 Å². The molecule has 4 nitrogen and oxygen atoms in total. The summed E-state index contributed by atoms with van der Waals surface area (Å²) in [4.78, 5) is 0. The van der Waals surface area contributed by atoms with Gasteiger partial charge < -0.3 is 18.9 Å². The third kappa shape index (κ3) is 10.9. The number of rotatable bonds is 17. The number of hydrogen-bond donors (Lipinski definition) is 1. The van der Waals surface area contributed by atoms with Crippen LogP contribution in [0.2, 0.25) is 0 Å². The zero-order valence-corrected chi connectivity index (χ0v) is 17.4. The quantitative estimate of drug-likeness (QED) is 0.227. The van der Waals surface area contributed by atoms with Crippen LogP contribution in [0.25, 0.3) is 0 Å². The average Bonchev–Trinajstić information content (AvgIpc) is 2.57. The minimum atomic E-state index is -0.310. The Morgan fingerprint density at radius 3 is 1.58 bits per heavy atom. The lowest BCUT2D eigenvalue weighted by Crippen LogP contribution is -2.47. The molecular formula is C19H40O4S. The summed E-state index contributed by atoms with van der Waals surface area (Å²) in [5, 5.41) is 0. The monoisotopic (exact) mass is 364 g/mol. The second-order valence-corrected chi connectivity index (χ2v) is 6.66. The molecule has 0 fully saturated rings. The Labute approximate surface area is 155 Å². The second kappa shape index (κ2) is 16.6. The summed E-state index contributed by atoms with van der Waals surface area (Å²) in [7, 11) is 0. The molecule has 0 aliphatic heterocycles. The van der Waals surface area contributed by atoms with Crippen molar-refractivity contribution in [1.82, 2.24) is 0 Å². The van der Waals surface area contributed by atoms with Crippen molar-refractivity contribution < 1.29 is 18.9 Å². The Bertz CT molecular complexity index is 266. The van der Waals surface area contributed by atoms with Crippen molar-refractivity contribution in [2.75, 3.05) is 26.4 Å². The second-order valence-electron chi connectivity index (χ2n) is 6.15. The van der Waals surface area contributed by atoms with E-state index < -0.39 is 0 Å². The fourth-order valence-corrected chi connectivity index (χ4v) is 2.74. The summed E-state index contributed by atoms with van der Waals surface area (Å²) >= 11 is 4.61. The molecule has 0 aliphatic carbocycles. The first-order valence-corrected chi connectivity index (χ1v) is 10.3. The van der Waals surface area contributed by atoms with E-state index in [4.69, 9.17) is 18.9 Å². The van der Waals surface area contributed by atoms with Crippen LogP contribution in [-0.2, 0) is 18.9 Å². The van der Waals surface area contributed by atoms with Gasteiger partial charge in [0.1, 0.15) is 17.6 Å². The molecule has 0 rings (SSSR count). The first-order valence-electron chi connectivity index (χ1n) is 9.76. The number of hydrogen-bond acceptors (Lipinski definition) is 5. The van der Waals surface area contributed by atoms with Crippen LogP contribution >= 0.6 is 12.6 Å². The first-order chi connectivity index (χ1) is 11.6. The van der Waals surface area contributed by atoms with E-state index in [-0.39, 0.29) is 23.7 Å². The van der Waals surface area contributed by atoms with E-state index in [1.54, 1.807) is 0 Å². The molecule has 0 heterocycles. The lowest BCUT2D eigenvalue weighted by Gasteiger charge is -2.34. The van der Waals surface area contributed by atoms with Crippen LogP contribution in [0.15, 0.2) is 0 Å². The highest BCUT2D eigenvalue weighted by molar-refractivity contribution is 7.80. The molecule has 0 spiro atoms. The van der Waals surface area contributed by atoms with Gasteiger partial charge in [-0.2, -0.15) is 0 Å². The first kappa shape index (κ1) is 24.2. The third-order valence-electron chi connectivity index (χ3n) is 3.90. The molecule has 0 saturated carbocycles. The van der Waals surface area contributed by atoms with Crippen LogP contribution < -0.4 is 0 Å². The zero-order valence-electron chi connectivity index (χ0n) is 16.5. The highest BCUT2D eigenvalue weighted by Gasteiger charge is 2.34.